The number of H-pyrrole nitrogens is 1. The van der Waals surface area contributed by atoms with E-state index in [2.05, 4.69) is 9.97 Å². The Morgan fingerprint density at radius 1 is 1.34 bits per heavy atom. The molecule has 2 aromatic heterocycles. The molecule has 29 heavy (non-hydrogen) atoms. The molecule has 0 saturated carbocycles. The lowest BCUT2D eigenvalue weighted by Crippen LogP contribution is -2.48. The second-order valence-electron chi connectivity index (χ2n) is 7.64. The minimum absolute atomic E-state index is 0.0235. The highest BCUT2D eigenvalue weighted by Gasteiger charge is 2.43. The van der Waals surface area contributed by atoms with Gasteiger partial charge in [-0.1, -0.05) is 0 Å². The van der Waals surface area contributed by atoms with Gasteiger partial charge in [0.05, 0.1) is 13.0 Å². The van der Waals surface area contributed by atoms with E-state index in [9.17, 15) is 19.5 Å². The molecule has 9 heteroatoms. The van der Waals surface area contributed by atoms with Gasteiger partial charge in [0.1, 0.15) is 16.3 Å². The van der Waals surface area contributed by atoms with Gasteiger partial charge >= 0.3 is 5.97 Å². The lowest BCUT2D eigenvalue weighted by molar-refractivity contribution is -0.139. The van der Waals surface area contributed by atoms with E-state index < -0.39 is 11.6 Å². The molecule has 1 spiro atoms. The Hall–Kier alpha value is -2.52. The predicted molar refractivity (Wildman–Crippen MR) is 106 cm³/mol. The van der Waals surface area contributed by atoms with Gasteiger partial charge in [0.2, 0.25) is 5.91 Å². The number of carboxylic acid groups (broad SMARTS) is 1. The van der Waals surface area contributed by atoms with Gasteiger partial charge in [-0.15, -0.1) is 11.3 Å². The third-order valence-corrected chi connectivity index (χ3v) is 7.13. The molecule has 0 aliphatic carbocycles. The number of hydrogen-bond donors (Lipinski definition) is 2. The molecule has 0 unspecified atom stereocenters. The van der Waals surface area contributed by atoms with Gasteiger partial charge in [-0.2, -0.15) is 0 Å². The largest absolute Gasteiger partial charge is 0.477 e. The van der Waals surface area contributed by atoms with Crippen LogP contribution < -0.4 is 5.56 Å². The van der Waals surface area contributed by atoms with E-state index in [-0.39, 0.29) is 17.9 Å². The zero-order valence-electron chi connectivity index (χ0n) is 16.4. The molecule has 0 atom stereocenters. The Morgan fingerprint density at radius 2 is 2.07 bits per heavy atom. The van der Waals surface area contributed by atoms with Crippen LogP contribution in [0.25, 0.3) is 0 Å². The molecular weight excluding hydrogens is 394 g/mol. The van der Waals surface area contributed by atoms with Crippen LogP contribution in [-0.4, -0.2) is 51.5 Å². The van der Waals surface area contributed by atoms with Crippen LogP contribution >= 0.6 is 11.3 Å². The fourth-order valence-electron chi connectivity index (χ4n) is 4.24. The molecular formula is C20H23N3O5S. The number of amides is 1. The van der Waals surface area contributed by atoms with E-state index in [1.807, 2.05) is 0 Å². The molecule has 0 bridgehead atoms. The van der Waals surface area contributed by atoms with Gasteiger partial charge < -0.3 is 19.7 Å². The molecule has 1 fully saturated rings. The van der Waals surface area contributed by atoms with Crippen molar-refractivity contribution in [1.29, 1.82) is 0 Å². The molecule has 0 radical (unpaired) electrons. The quantitative estimate of drug-likeness (QED) is 0.787. The lowest BCUT2D eigenvalue weighted by Gasteiger charge is -2.43. The summed E-state index contributed by atoms with van der Waals surface area (Å²) in [6.45, 7) is 5.02. The predicted octanol–water partition coefficient (Wildman–Crippen LogP) is 1.78. The van der Waals surface area contributed by atoms with Gasteiger partial charge in [-0.25, -0.2) is 9.78 Å². The number of piperidine rings is 1. The van der Waals surface area contributed by atoms with Crippen molar-refractivity contribution in [1.82, 2.24) is 14.9 Å². The summed E-state index contributed by atoms with van der Waals surface area (Å²) < 4.78 is 6.14. The van der Waals surface area contributed by atoms with Crippen LogP contribution in [0.2, 0.25) is 0 Å². The Kier molecular flexibility index (Phi) is 5.04. The Morgan fingerprint density at radius 3 is 2.72 bits per heavy atom. The highest BCUT2D eigenvalue weighted by Crippen LogP contribution is 2.45. The van der Waals surface area contributed by atoms with Crippen LogP contribution in [-0.2, 0) is 28.0 Å². The Bertz CT molecular complexity index is 1030. The summed E-state index contributed by atoms with van der Waals surface area (Å²) in [6, 6.07) is 1.75. The summed E-state index contributed by atoms with van der Waals surface area (Å²) in [5, 5.41) is 9.32. The first-order valence-electron chi connectivity index (χ1n) is 9.64. The van der Waals surface area contributed by atoms with Crippen LogP contribution in [0.5, 0.6) is 0 Å². The van der Waals surface area contributed by atoms with E-state index >= 15 is 0 Å². The van der Waals surface area contributed by atoms with Crippen molar-refractivity contribution in [2.45, 2.75) is 45.1 Å². The highest BCUT2D eigenvalue weighted by atomic mass is 32.1. The highest BCUT2D eigenvalue weighted by molar-refractivity contribution is 7.14. The topological polar surface area (TPSA) is 113 Å². The van der Waals surface area contributed by atoms with Gasteiger partial charge in [0.25, 0.3) is 5.56 Å². The van der Waals surface area contributed by atoms with E-state index in [0.717, 1.165) is 10.4 Å². The van der Waals surface area contributed by atoms with Crippen molar-refractivity contribution in [3.05, 3.63) is 48.8 Å². The third kappa shape index (κ3) is 3.60. The molecule has 2 N–H and O–H groups in total. The number of nitrogens with one attached hydrogen (secondary N) is 1. The zero-order chi connectivity index (χ0) is 20.8. The fraction of sp³-hybridized carbons (Fsp3) is 0.500. The Balaban J connectivity index is 1.49. The Labute approximate surface area is 171 Å². The van der Waals surface area contributed by atoms with Crippen LogP contribution in [0.1, 0.15) is 50.0 Å². The van der Waals surface area contributed by atoms with Crippen molar-refractivity contribution >= 4 is 23.2 Å². The van der Waals surface area contributed by atoms with Gasteiger partial charge in [0, 0.05) is 29.2 Å². The first-order valence-corrected chi connectivity index (χ1v) is 10.5. The molecule has 154 valence electrons. The number of aryl methyl sites for hydroxylation is 2. The average Bonchev–Trinajstić information content (AvgIpc) is 3.11. The first-order chi connectivity index (χ1) is 13.8. The number of ether oxygens (including phenoxy) is 1. The fourth-order valence-corrected chi connectivity index (χ4v) is 5.49. The number of aromatic nitrogens is 2. The molecule has 0 aromatic carbocycles. The number of likely N-dealkylation sites (tertiary alicyclic amines) is 1. The monoisotopic (exact) mass is 417 g/mol. The summed E-state index contributed by atoms with van der Waals surface area (Å²) in [5.74, 6) is -0.488. The SMILES string of the molecule is Cc1nc(C)c(CC(=O)N2CCC3(CC2)OCCc2cc(C(=O)O)sc23)c(=O)[nH]1. The summed E-state index contributed by atoms with van der Waals surface area (Å²) in [6.07, 6.45) is 1.97. The molecule has 8 nitrogen and oxygen atoms in total. The van der Waals surface area contributed by atoms with Gasteiger partial charge in [-0.05, 0) is 44.7 Å². The van der Waals surface area contributed by atoms with E-state index in [4.69, 9.17) is 4.74 Å². The standard InChI is InChI=1S/C20H23N3O5S/c1-11-14(18(25)22-12(2)21-11)10-16(24)23-6-4-20(5-7-23)17-13(3-8-28-20)9-15(29-17)19(26)27/h9H,3-8,10H2,1-2H3,(H,26,27)(H,21,22,25). The van der Waals surface area contributed by atoms with E-state index in [1.54, 1.807) is 24.8 Å². The first kappa shape index (κ1) is 19.8. The summed E-state index contributed by atoms with van der Waals surface area (Å²) in [5.41, 5.74) is 1.25. The molecule has 2 aliphatic heterocycles. The zero-order valence-corrected chi connectivity index (χ0v) is 17.2. The number of thiophene rings is 1. The number of rotatable bonds is 3. The van der Waals surface area contributed by atoms with E-state index in [1.165, 1.54) is 11.3 Å². The number of carbonyl (C=O) groups excluding carboxylic acids is 1. The van der Waals surface area contributed by atoms with Crippen LogP contribution in [0.4, 0.5) is 0 Å². The minimum Gasteiger partial charge on any atom is -0.477 e. The maximum Gasteiger partial charge on any atom is 0.345 e. The number of carboxylic acids is 1. The normalized spacial score (nSPS) is 17.9. The molecule has 4 heterocycles. The summed E-state index contributed by atoms with van der Waals surface area (Å²) in [4.78, 5) is 46.3. The number of nitrogens with zero attached hydrogens (tertiary/aromatic N) is 2. The molecule has 2 aliphatic rings. The lowest BCUT2D eigenvalue weighted by atomic mass is 9.85. The van der Waals surface area contributed by atoms with E-state index in [0.29, 0.717) is 60.9 Å². The minimum atomic E-state index is -0.917. The second-order valence-corrected chi connectivity index (χ2v) is 8.69. The molecule has 4 rings (SSSR count). The molecule has 1 saturated heterocycles. The van der Waals surface area contributed by atoms with Crippen LogP contribution in [0, 0.1) is 13.8 Å². The van der Waals surface area contributed by atoms with Crippen molar-refractivity contribution in [2.24, 2.45) is 0 Å². The van der Waals surface area contributed by atoms with Gasteiger partial charge in [-0.3, -0.25) is 9.59 Å². The van der Waals surface area contributed by atoms with Crippen LogP contribution in [0.3, 0.4) is 0 Å². The number of carbonyl (C=O) groups is 2. The summed E-state index contributed by atoms with van der Waals surface area (Å²) >= 11 is 1.28. The smallest absolute Gasteiger partial charge is 0.345 e. The number of fused-ring (bicyclic) bond motifs is 2. The molecule has 1 amide bonds. The van der Waals surface area contributed by atoms with Crippen molar-refractivity contribution < 1.29 is 19.4 Å². The summed E-state index contributed by atoms with van der Waals surface area (Å²) in [7, 11) is 0. The van der Waals surface area contributed by atoms with Crippen LogP contribution in [0.15, 0.2) is 10.9 Å². The third-order valence-electron chi connectivity index (χ3n) is 5.78. The molecule has 2 aromatic rings. The average molecular weight is 417 g/mol. The van der Waals surface area contributed by atoms with Gasteiger partial charge in [0.15, 0.2) is 0 Å². The van der Waals surface area contributed by atoms with Crippen molar-refractivity contribution in [3.63, 3.8) is 0 Å². The maximum absolute atomic E-state index is 12.8. The number of hydrogen-bond acceptors (Lipinski definition) is 6. The number of aromatic carboxylic acids is 1. The maximum atomic E-state index is 12.8. The van der Waals surface area contributed by atoms with Crippen molar-refractivity contribution in [2.75, 3.05) is 19.7 Å². The van der Waals surface area contributed by atoms with Crippen molar-refractivity contribution in [3.8, 4) is 0 Å². The second kappa shape index (κ2) is 7.38. The number of aromatic amines is 1.